The lowest BCUT2D eigenvalue weighted by Gasteiger charge is -2.25. The highest BCUT2D eigenvalue weighted by Crippen LogP contribution is 2.27. The minimum absolute atomic E-state index is 0.0168. The fourth-order valence-electron chi connectivity index (χ4n) is 4.25. The van der Waals surface area contributed by atoms with Gasteiger partial charge >= 0.3 is 12.0 Å². The first-order chi connectivity index (χ1) is 17.9. The van der Waals surface area contributed by atoms with Crippen molar-refractivity contribution in [3.8, 4) is 11.5 Å². The molecule has 1 saturated heterocycles. The van der Waals surface area contributed by atoms with Crippen LogP contribution in [-0.4, -0.2) is 54.2 Å². The number of benzene rings is 3. The van der Waals surface area contributed by atoms with E-state index in [1.165, 1.54) is 19.2 Å². The monoisotopic (exact) mass is 503 g/mol. The number of amides is 3. The third kappa shape index (κ3) is 6.78. The molecule has 0 radical (unpaired) electrons. The molecule has 1 fully saturated rings. The minimum Gasteiger partial charge on any atom is -0.495 e. The van der Waals surface area contributed by atoms with Crippen molar-refractivity contribution in [1.82, 2.24) is 4.90 Å². The molecule has 37 heavy (non-hydrogen) atoms. The second-order valence-electron chi connectivity index (χ2n) is 8.68. The van der Waals surface area contributed by atoms with E-state index >= 15 is 0 Å². The van der Waals surface area contributed by atoms with Crippen molar-refractivity contribution >= 4 is 29.3 Å². The van der Waals surface area contributed by atoms with Crippen molar-refractivity contribution in [2.24, 2.45) is 0 Å². The molecule has 4 rings (SSSR count). The molecule has 3 amide bonds. The van der Waals surface area contributed by atoms with Crippen LogP contribution in [0.4, 0.5) is 16.2 Å². The molecule has 1 aliphatic rings. The highest BCUT2D eigenvalue weighted by molar-refractivity contribution is 6.00. The standard InChI is InChI=1S/C28H29N3O6/c1-36-25-16-19(9-14-24(25)30-28(35)29-21-6-3-2-4-7-21)17-26(32)31-15-5-8-22(31)18-37-23-12-10-20(11-13-23)27(33)34/h2-4,6-7,9-14,16,22H,5,8,15,17-18H2,1H3,(H,33,34)(H2,29,30,35). The Labute approximate surface area is 215 Å². The van der Waals surface area contributed by atoms with Gasteiger partial charge in [-0.1, -0.05) is 24.3 Å². The molecule has 0 aliphatic carbocycles. The zero-order chi connectivity index (χ0) is 26.2. The van der Waals surface area contributed by atoms with Gasteiger partial charge in [0.2, 0.25) is 5.91 Å². The lowest BCUT2D eigenvalue weighted by molar-refractivity contribution is -0.131. The summed E-state index contributed by atoms with van der Waals surface area (Å²) in [5, 5.41) is 14.6. The summed E-state index contributed by atoms with van der Waals surface area (Å²) in [5.74, 6) is 0.0139. The molecular weight excluding hydrogens is 474 g/mol. The smallest absolute Gasteiger partial charge is 0.335 e. The van der Waals surface area contributed by atoms with Crippen LogP contribution in [0.1, 0.15) is 28.8 Å². The quantitative estimate of drug-likeness (QED) is 0.391. The largest absolute Gasteiger partial charge is 0.495 e. The van der Waals surface area contributed by atoms with E-state index in [1.807, 2.05) is 23.1 Å². The van der Waals surface area contributed by atoms with Crippen LogP contribution in [0, 0.1) is 0 Å². The molecule has 0 aromatic heterocycles. The number of carbonyl (C=O) groups excluding carboxylic acids is 2. The molecule has 0 bridgehead atoms. The maximum Gasteiger partial charge on any atom is 0.335 e. The summed E-state index contributed by atoms with van der Waals surface area (Å²) in [7, 11) is 1.51. The van der Waals surface area contributed by atoms with Crippen LogP contribution in [-0.2, 0) is 11.2 Å². The van der Waals surface area contributed by atoms with Crippen molar-refractivity contribution in [3.63, 3.8) is 0 Å². The minimum atomic E-state index is -0.991. The Kier molecular flexibility index (Phi) is 8.25. The van der Waals surface area contributed by atoms with Crippen LogP contribution in [0.5, 0.6) is 11.5 Å². The average molecular weight is 504 g/mol. The number of para-hydroxylation sites is 1. The molecule has 0 saturated carbocycles. The fraction of sp³-hybridized carbons (Fsp3) is 0.250. The van der Waals surface area contributed by atoms with Crippen LogP contribution in [0.15, 0.2) is 72.8 Å². The Morgan fingerprint density at radius 3 is 2.46 bits per heavy atom. The SMILES string of the molecule is COc1cc(CC(=O)N2CCCC2COc2ccc(C(=O)O)cc2)ccc1NC(=O)Nc1ccccc1. The maximum atomic E-state index is 13.1. The molecule has 1 atom stereocenters. The molecule has 1 unspecified atom stereocenters. The van der Waals surface area contributed by atoms with Crippen LogP contribution in [0.25, 0.3) is 0 Å². The fourth-order valence-corrected chi connectivity index (χ4v) is 4.25. The van der Waals surface area contributed by atoms with Gasteiger partial charge in [0.15, 0.2) is 0 Å². The number of carbonyl (C=O) groups is 3. The molecule has 1 aliphatic heterocycles. The van der Waals surface area contributed by atoms with Gasteiger partial charge in [0.25, 0.3) is 0 Å². The first kappa shape index (κ1) is 25.6. The third-order valence-corrected chi connectivity index (χ3v) is 6.14. The number of likely N-dealkylation sites (tertiary alicyclic amines) is 1. The van der Waals surface area contributed by atoms with Gasteiger partial charge in [0.1, 0.15) is 18.1 Å². The van der Waals surface area contributed by atoms with Gasteiger partial charge in [-0.2, -0.15) is 0 Å². The molecule has 3 aromatic carbocycles. The topological polar surface area (TPSA) is 117 Å². The molecular formula is C28H29N3O6. The van der Waals surface area contributed by atoms with Crippen LogP contribution in [0.2, 0.25) is 0 Å². The highest BCUT2D eigenvalue weighted by Gasteiger charge is 2.29. The summed E-state index contributed by atoms with van der Waals surface area (Å²) < 4.78 is 11.3. The summed E-state index contributed by atoms with van der Waals surface area (Å²) in [4.78, 5) is 38.3. The van der Waals surface area contributed by atoms with E-state index in [4.69, 9.17) is 14.6 Å². The van der Waals surface area contributed by atoms with E-state index < -0.39 is 12.0 Å². The van der Waals surface area contributed by atoms with Gasteiger partial charge < -0.3 is 30.1 Å². The highest BCUT2D eigenvalue weighted by atomic mass is 16.5. The molecule has 1 heterocycles. The number of aromatic carboxylic acids is 1. The number of rotatable bonds is 9. The van der Waals surface area contributed by atoms with Crippen molar-refractivity contribution in [2.45, 2.75) is 25.3 Å². The summed E-state index contributed by atoms with van der Waals surface area (Å²) >= 11 is 0. The van der Waals surface area contributed by atoms with Crippen molar-refractivity contribution in [1.29, 1.82) is 0 Å². The van der Waals surface area contributed by atoms with Gasteiger partial charge in [-0.3, -0.25) is 4.79 Å². The Balaban J connectivity index is 1.34. The molecule has 3 N–H and O–H groups in total. The second-order valence-corrected chi connectivity index (χ2v) is 8.68. The van der Waals surface area contributed by atoms with Gasteiger partial charge in [-0.05, 0) is 66.9 Å². The number of hydrogen-bond donors (Lipinski definition) is 3. The van der Waals surface area contributed by atoms with Gasteiger partial charge in [-0.15, -0.1) is 0 Å². The zero-order valence-electron chi connectivity index (χ0n) is 20.5. The summed E-state index contributed by atoms with van der Waals surface area (Å²) in [5.41, 5.74) is 2.13. The number of nitrogens with one attached hydrogen (secondary N) is 2. The number of urea groups is 1. The Morgan fingerprint density at radius 1 is 1.00 bits per heavy atom. The van der Waals surface area contributed by atoms with Crippen LogP contribution >= 0.6 is 0 Å². The van der Waals surface area contributed by atoms with E-state index in [0.717, 1.165) is 18.4 Å². The number of methoxy groups -OCH3 is 1. The Morgan fingerprint density at radius 2 is 1.76 bits per heavy atom. The van der Waals surface area contributed by atoms with Gasteiger partial charge in [-0.25, -0.2) is 9.59 Å². The predicted molar refractivity (Wildman–Crippen MR) is 139 cm³/mol. The predicted octanol–water partition coefficient (Wildman–Crippen LogP) is 4.65. The number of carboxylic acids is 1. The number of nitrogens with zero attached hydrogens (tertiary/aromatic N) is 1. The Hall–Kier alpha value is -4.53. The van der Waals surface area contributed by atoms with Crippen molar-refractivity contribution in [3.05, 3.63) is 83.9 Å². The lowest BCUT2D eigenvalue weighted by Crippen LogP contribution is -2.39. The first-order valence-corrected chi connectivity index (χ1v) is 12.0. The molecule has 192 valence electrons. The van der Waals surface area contributed by atoms with Crippen LogP contribution < -0.4 is 20.1 Å². The molecule has 0 spiro atoms. The molecule has 3 aromatic rings. The second kappa shape index (κ2) is 11.9. The normalized spacial score (nSPS) is 14.6. The summed E-state index contributed by atoms with van der Waals surface area (Å²) in [6.07, 6.45) is 1.92. The van der Waals surface area contributed by atoms with E-state index in [-0.39, 0.29) is 23.9 Å². The maximum absolute atomic E-state index is 13.1. The number of hydrogen-bond acceptors (Lipinski definition) is 5. The summed E-state index contributed by atoms with van der Waals surface area (Å²) in [6, 6.07) is 20.1. The first-order valence-electron chi connectivity index (χ1n) is 12.0. The molecule has 9 heteroatoms. The van der Waals surface area contributed by atoms with Crippen LogP contribution in [0.3, 0.4) is 0 Å². The van der Waals surface area contributed by atoms with E-state index in [9.17, 15) is 14.4 Å². The third-order valence-electron chi connectivity index (χ3n) is 6.14. The number of carboxylic acid groups (broad SMARTS) is 1. The van der Waals surface area contributed by atoms with Crippen molar-refractivity contribution in [2.75, 3.05) is 30.9 Å². The van der Waals surface area contributed by atoms with Gasteiger partial charge in [0, 0.05) is 12.2 Å². The van der Waals surface area contributed by atoms with E-state index in [2.05, 4.69) is 10.6 Å². The van der Waals surface area contributed by atoms with E-state index in [0.29, 0.717) is 36.0 Å². The van der Waals surface area contributed by atoms with Gasteiger partial charge in [0.05, 0.1) is 30.8 Å². The molecule has 9 nitrogen and oxygen atoms in total. The summed E-state index contributed by atoms with van der Waals surface area (Å²) in [6.45, 7) is 0.988. The number of anilines is 2. The average Bonchev–Trinajstić information content (AvgIpc) is 3.38. The Bertz CT molecular complexity index is 1250. The number of ether oxygens (including phenoxy) is 2. The zero-order valence-corrected chi connectivity index (χ0v) is 20.5. The van der Waals surface area contributed by atoms with Crippen molar-refractivity contribution < 1.29 is 29.0 Å². The lowest BCUT2D eigenvalue weighted by atomic mass is 10.1. The van der Waals surface area contributed by atoms with E-state index in [1.54, 1.807) is 42.5 Å².